The zero-order valence-corrected chi connectivity index (χ0v) is 16.8. The highest BCUT2D eigenvalue weighted by atomic mass is 16.4. The van der Waals surface area contributed by atoms with Crippen molar-refractivity contribution < 1.29 is 14.7 Å². The van der Waals surface area contributed by atoms with Crippen molar-refractivity contribution in [1.82, 2.24) is 15.1 Å². The molecule has 2 saturated heterocycles. The molecule has 1 saturated carbocycles. The van der Waals surface area contributed by atoms with Gasteiger partial charge in [-0.2, -0.15) is 0 Å². The Labute approximate surface area is 157 Å². The molecule has 2 N–H and O–H groups in total. The fourth-order valence-electron chi connectivity index (χ4n) is 5.47. The molecule has 0 aromatic carbocycles. The third kappa shape index (κ3) is 3.57. The van der Waals surface area contributed by atoms with Crippen LogP contribution in [-0.4, -0.2) is 65.2 Å². The van der Waals surface area contributed by atoms with E-state index in [4.69, 9.17) is 0 Å². The maximum Gasteiger partial charge on any atom is 0.317 e. The quantitative estimate of drug-likeness (QED) is 0.803. The van der Waals surface area contributed by atoms with Crippen LogP contribution in [0.2, 0.25) is 0 Å². The number of piperidine rings is 1. The Morgan fingerprint density at radius 2 is 1.85 bits per heavy atom. The van der Waals surface area contributed by atoms with Gasteiger partial charge in [0, 0.05) is 38.3 Å². The summed E-state index contributed by atoms with van der Waals surface area (Å²) in [7, 11) is 0. The van der Waals surface area contributed by atoms with Gasteiger partial charge in [-0.1, -0.05) is 20.3 Å². The highest BCUT2D eigenvalue weighted by Gasteiger charge is 2.55. The molecule has 3 rings (SSSR count). The van der Waals surface area contributed by atoms with Crippen LogP contribution in [0.3, 0.4) is 0 Å². The second-order valence-corrected chi connectivity index (χ2v) is 9.75. The molecule has 26 heavy (non-hydrogen) atoms. The van der Waals surface area contributed by atoms with E-state index in [2.05, 4.69) is 37.9 Å². The van der Waals surface area contributed by atoms with Crippen molar-refractivity contribution in [1.29, 1.82) is 0 Å². The third-order valence-corrected chi connectivity index (χ3v) is 6.98. The van der Waals surface area contributed by atoms with Crippen molar-refractivity contribution in [3.8, 4) is 0 Å². The molecule has 6 heteroatoms. The van der Waals surface area contributed by atoms with Crippen molar-refractivity contribution in [2.24, 2.45) is 23.2 Å². The molecule has 1 aliphatic carbocycles. The molecular formula is C20H35N3O3. The first-order chi connectivity index (χ1) is 12.1. The SMILES string of the molecule is CC1CC(C)CN(C(C)(C)CNC(=O)N2C[C@@H]3CCC[C@@]3(C(=O)O)C2)C1. The van der Waals surface area contributed by atoms with Gasteiger partial charge in [0.15, 0.2) is 0 Å². The van der Waals surface area contributed by atoms with Gasteiger partial charge in [-0.25, -0.2) is 4.79 Å². The van der Waals surface area contributed by atoms with Gasteiger partial charge in [0.05, 0.1) is 5.41 Å². The number of rotatable bonds is 4. The van der Waals surface area contributed by atoms with E-state index in [0.717, 1.165) is 25.9 Å². The van der Waals surface area contributed by atoms with E-state index in [1.807, 2.05) is 0 Å². The van der Waals surface area contributed by atoms with Crippen LogP contribution in [0.15, 0.2) is 0 Å². The Bertz CT molecular complexity index is 555. The molecule has 148 valence electrons. The topological polar surface area (TPSA) is 72.9 Å². The molecular weight excluding hydrogens is 330 g/mol. The molecule has 0 spiro atoms. The molecule has 3 aliphatic rings. The van der Waals surface area contributed by atoms with E-state index in [0.29, 0.717) is 37.9 Å². The number of hydrogen-bond donors (Lipinski definition) is 2. The number of carbonyl (C=O) groups excluding carboxylic acids is 1. The van der Waals surface area contributed by atoms with E-state index in [1.165, 1.54) is 6.42 Å². The molecule has 0 bridgehead atoms. The number of likely N-dealkylation sites (tertiary alicyclic amines) is 2. The number of carboxylic acid groups (broad SMARTS) is 1. The van der Waals surface area contributed by atoms with Gasteiger partial charge in [0.2, 0.25) is 0 Å². The molecule has 2 heterocycles. The van der Waals surface area contributed by atoms with Crippen molar-refractivity contribution in [3.05, 3.63) is 0 Å². The average molecular weight is 366 g/mol. The molecule has 6 nitrogen and oxygen atoms in total. The largest absolute Gasteiger partial charge is 0.481 e. The van der Waals surface area contributed by atoms with Crippen LogP contribution in [-0.2, 0) is 4.79 Å². The second kappa shape index (κ2) is 7.02. The van der Waals surface area contributed by atoms with Crippen LogP contribution < -0.4 is 5.32 Å². The maximum atomic E-state index is 12.7. The van der Waals surface area contributed by atoms with Crippen LogP contribution in [0.5, 0.6) is 0 Å². The lowest BCUT2D eigenvalue weighted by Gasteiger charge is -2.45. The minimum absolute atomic E-state index is 0.0985. The molecule has 0 aromatic heterocycles. The number of amides is 2. The summed E-state index contributed by atoms with van der Waals surface area (Å²) in [5.41, 5.74) is -0.802. The van der Waals surface area contributed by atoms with Crippen LogP contribution in [0.25, 0.3) is 0 Å². The van der Waals surface area contributed by atoms with Gasteiger partial charge in [-0.15, -0.1) is 0 Å². The number of fused-ring (bicyclic) bond motifs is 1. The second-order valence-electron chi connectivity index (χ2n) is 9.75. The van der Waals surface area contributed by atoms with Gasteiger partial charge in [0.1, 0.15) is 0 Å². The van der Waals surface area contributed by atoms with Crippen molar-refractivity contribution >= 4 is 12.0 Å². The molecule has 2 amide bonds. The van der Waals surface area contributed by atoms with Gasteiger partial charge in [-0.3, -0.25) is 9.69 Å². The monoisotopic (exact) mass is 365 g/mol. The molecule has 0 aromatic rings. The maximum absolute atomic E-state index is 12.7. The normalized spacial score (nSPS) is 35.4. The Morgan fingerprint density at radius 3 is 2.42 bits per heavy atom. The van der Waals surface area contributed by atoms with Crippen LogP contribution in [0, 0.1) is 23.2 Å². The number of hydrogen-bond acceptors (Lipinski definition) is 3. The highest BCUT2D eigenvalue weighted by Crippen LogP contribution is 2.48. The smallest absolute Gasteiger partial charge is 0.317 e. The highest BCUT2D eigenvalue weighted by molar-refractivity contribution is 5.80. The van der Waals surface area contributed by atoms with Crippen molar-refractivity contribution in [3.63, 3.8) is 0 Å². The Balaban J connectivity index is 1.56. The van der Waals surface area contributed by atoms with Crippen molar-refractivity contribution in [2.45, 2.75) is 58.9 Å². The number of nitrogens with one attached hydrogen (secondary N) is 1. The first-order valence-corrected chi connectivity index (χ1v) is 10.2. The fraction of sp³-hybridized carbons (Fsp3) is 0.900. The van der Waals surface area contributed by atoms with E-state index >= 15 is 0 Å². The van der Waals surface area contributed by atoms with Crippen LogP contribution in [0.1, 0.15) is 53.4 Å². The van der Waals surface area contributed by atoms with E-state index in [-0.39, 0.29) is 17.5 Å². The van der Waals surface area contributed by atoms with E-state index < -0.39 is 11.4 Å². The summed E-state index contributed by atoms with van der Waals surface area (Å²) < 4.78 is 0. The lowest BCUT2D eigenvalue weighted by atomic mass is 9.81. The predicted octanol–water partition coefficient (Wildman–Crippen LogP) is 2.64. The van der Waals surface area contributed by atoms with Crippen LogP contribution >= 0.6 is 0 Å². The number of carbonyl (C=O) groups is 2. The minimum Gasteiger partial charge on any atom is -0.481 e. The summed E-state index contributed by atoms with van der Waals surface area (Å²) in [4.78, 5) is 28.7. The number of nitrogens with zero attached hydrogens (tertiary/aromatic N) is 2. The zero-order chi connectivity index (χ0) is 19.1. The Morgan fingerprint density at radius 1 is 1.19 bits per heavy atom. The average Bonchev–Trinajstić information content (AvgIpc) is 3.10. The lowest BCUT2D eigenvalue weighted by molar-refractivity contribution is -0.149. The van der Waals surface area contributed by atoms with Crippen molar-refractivity contribution in [2.75, 3.05) is 32.7 Å². The summed E-state index contributed by atoms with van der Waals surface area (Å²) in [6, 6.07) is -0.105. The lowest BCUT2D eigenvalue weighted by Crippen LogP contribution is -2.57. The summed E-state index contributed by atoms with van der Waals surface area (Å²) in [6.07, 6.45) is 3.85. The molecule has 2 aliphatic heterocycles. The molecule has 2 unspecified atom stereocenters. The van der Waals surface area contributed by atoms with E-state index in [1.54, 1.807) is 4.90 Å². The standard InChI is InChI=1S/C20H35N3O3/c1-14-8-15(2)10-23(9-14)19(3,4)12-21-18(26)22-11-16-6-5-7-20(16,13-22)17(24)25/h14-16H,5-13H2,1-4H3,(H,21,26)(H,24,25)/t14?,15?,16-,20+/m0/s1. The summed E-state index contributed by atoms with van der Waals surface area (Å²) in [5, 5.41) is 12.8. The third-order valence-electron chi connectivity index (χ3n) is 6.98. The van der Waals surface area contributed by atoms with Gasteiger partial charge < -0.3 is 15.3 Å². The number of carboxylic acids is 1. The zero-order valence-electron chi connectivity index (χ0n) is 16.8. The van der Waals surface area contributed by atoms with E-state index in [9.17, 15) is 14.7 Å². The fourth-order valence-corrected chi connectivity index (χ4v) is 5.47. The number of urea groups is 1. The van der Waals surface area contributed by atoms with Gasteiger partial charge in [-0.05, 0) is 50.9 Å². The number of aliphatic carboxylic acids is 1. The minimum atomic E-state index is -0.730. The molecule has 4 atom stereocenters. The Kier molecular flexibility index (Phi) is 5.26. The van der Waals surface area contributed by atoms with Crippen LogP contribution in [0.4, 0.5) is 4.79 Å². The molecule has 0 radical (unpaired) electrons. The first kappa shape index (κ1) is 19.5. The Hall–Kier alpha value is -1.30. The summed E-state index contributed by atoms with van der Waals surface area (Å²) in [6.45, 7) is 12.6. The van der Waals surface area contributed by atoms with Gasteiger partial charge in [0.25, 0.3) is 0 Å². The summed E-state index contributed by atoms with van der Waals surface area (Å²) in [5.74, 6) is 0.749. The molecule has 3 fully saturated rings. The van der Waals surface area contributed by atoms with Gasteiger partial charge >= 0.3 is 12.0 Å². The first-order valence-electron chi connectivity index (χ1n) is 10.2. The predicted molar refractivity (Wildman–Crippen MR) is 101 cm³/mol. The summed E-state index contributed by atoms with van der Waals surface area (Å²) >= 11 is 0.